The number of hydrogen-bond donors (Lipinski definition) is 1. The molecule has 2 nitrogen and oxygen atoms in total. The van der Waals surface area contributed by atoms with Crippen LogP contribution in [-0.2, 0) is 4.79 Å². The molecule has 0 fully saturated rings. The van der Waals surface area contributed by atoms with E-state index in [1.807, 2.05) is 22.9 Å². The van der Waals surface area contributed by atoms with Crippen molar-refractivity contribution in [3.8, 4) is 0 Å². The highest BCUT2D eigenvalue weighted by molar-refractivity contribution is 14.1. The number of carbonyl (C=O) groups is 1. The van der Waals surface area contributed by atoms with E-state index in [9.17, 15) is 4.79 Å². The molecule has 0 aliphatic heterocycles. The van der Waals surface area contributed by atoms with Gasteiger partial charge in [-0.2, -0.15) is 0 Å². The number of halogens is 1. The molecule has 8 heavy (non-hydrogen) atoms. The summed E-state index contributed by atoms with van der Waals surface area (Å²) in [7, 11) is 0. The first-order chi connectivity index (χ1) is 3.81. The number of hydrogen-bond acceptors (Lipinski definition) is 1. The van der Waals surface area contributed by atoms with Crippen LogP contribution in [0.15, 0.2) is 12.7 Å². The molecule has 0 bridgehead atoms. The summed E-state index contributed by atoms with van der Waals surface area (Å²) in [6.45, 7) is 3.48. The summed E-state index contributed by atoms with van der Waals surface area (Å²) in [5, 5.41) is 0. The Morgan fingerprint density at radius 1 is 1.88 bits per heavy atom. The van der Waals surface area contributed by atoms with Gasteiger partial charge in [-0.25, -0.2) is 0 Å². The lowest BCUT2D eigenvalue weighted by molar-refractivity contribution is -0.118. The highest BCUT2D eigenvalue weighted by Gasteiger charge is 1.92. The van der Waals surface area contributed by atoms with Gasteiger partial charge in [-0.1, -0.05) is 6.08 Å². The van der Waals surface area contributed by atoms with E-state index in [0.717, 1.165) is 6.42 Å². The van der Waals surface area contributed by atoms with Gasteiger partial charge in [0.25, 0.3) is 0 Å². The van der Waals surface area contributed by atoms with Crippen LogP contribution in [0.1, 0.15) is 12.8 Å². The summed E-state index contributed by atoms with van der Waals surface area (Å²) >= 11 is 1.82. The molecular weight excluding hydrogens is 217 g/mol. The van der Waals surface area contributed by atoms with Crippen molar-refractivity contribution in [1.29, 1.82) is 0 Å². The van der Waals surface area contributed by atoms with Gasteiger partial charge < -0.3 is 0 Å². The first-order valence-electron chi connectivity index (χ1n) is 2.31. The van der Waals surface area contributed by atoms with Crippen molar-refractivity contribution in [2.45, 2.75) is 12.8 Å². The van der Waals surface area contributed by atoms with Crippen LogP contribution in [0.25, 0.3) is 0 Å². The molecule has 0 aromatic heterocycles. The van der Waals surface area contributed by atoms with Crippen LogP contribution in [0.5, 0.6) is 0 Å². The molecular formula is C5H8INO. The second kappa shape index (κ2) is 5.08. The second-order valence-corrected chi connectivity index (χ2v) is 1.88. The van der Waals surface area contributed by atoms with E-state index in [1.54, 1.807) is 6.08 Å². The molecule has 1 amide bonds. The van der Waals surface area contributed by atoms with Crippen LogP contribution >= 0.6 is 22.9 Å². The molecule has 0 saturated heterocycles. The highest BCUT2D eigenvalue weighted by Crippen LogP contribution is 1.89. The van der Waals surface area contributed by atoms with E-state index < -0.39 is 0 Å². The Balaban J connectivity index is 3.11. The topological polar surface area (TPSA) is 29.1 Å². The lowest BCUT2D eigenvalue weighted by Crippen LogP contribution is -2.09. The van der Waals surface area contributed by atoms with Crippen LogP contribution in [0.2, 0.25) is 0 Å². The van der Waals surface area contributed by atoms with E-state index in [0.29, 0.717) is 6.42 Å². The number of allylic oxidation sites excluding steroid dienone is 1. The van der Waals surface area contributed by atoms with Crippen LogP contribution in [-0.4, -0.2) is 5.91 Å². The SMILES string of the molecule is C=CCCC(=O)NI. The fraction of sp³-hybridized carbons (Fsp3) is 0.400. The van der Waals surface area contributed by atoms with Crippen molar-refractivity contribution in [1.82, 2.24) is 3.53 Å². The molecule has 0 aliphatic rings. The second-order valence-electron chi connectivity index (χ2n) is 1.35. The van der Waals surface area contributed by atoms with Crippen molar-refractivity contribution in [3.63, 3.8) is 0 Å². The van der Waals surface area contributed by atoms with Crippen molar-refractivity contribution >= 4 is 28.8 Å². The Morgan fingerprint density at radius 2 is 2.50 bits per heavy atom. The molecule has 0 spiro atoms. The van der Waals surface area contributed by atoms with Crippen LogP contribution in [0, 0.1) is 0 Å². The van der Waals surface area contributed by atoms with Gasteiger partial charge in [0.1, 0.15) is 0 Å². The van der Waals surface area contributed by atoms with Gasteiger partial charge >= 0.3 is 0 Å². The Morgan fingerprint density at radius 3 is 2.88 bits per heavy atom. The smallest absolute Gasteiger partial charge is 0.228 e. The zero-order valence-electron chi connectivity index (χ0n) is 4.48. The van der Waals surface area contributed by atoms with Crippen LogP contribution in [0.4, 0.5) is 0 Å². The van der Waals surface area contributed by atoms with E-state index in [4.69, 9.17) is 0 Å². The molecule has 0 saturated carbocycles. The maximum atomic E-state index is 10.4. The Kier molecular flexibility index (Phi) is 5.05. The van der Waals surface area contributed by atoms with Crippen molar-refractivity contribution in [3.05, 3.63) is 12.7 Å². The minimum absolute atomic E-state index is 0.0606. The summed E-state index contributed by atoms with van der Waals surface area (Å²) in [5.41, 5.74) is 0. The van der Waals surface area contributed by atoms with Crippen molar-refractivity contribution < 1.29 is 4.79 Å². The highest BCUT2D eigenvalue weighted by atomic mass is 127. The molecule has 3 heteroatoms. The Labute approximate surface area is 62.8 Å². The van der Waals surface area contributed by atoms with E-state index in [1.165, 1.54) is 0 Å². The fourth-order valence-electron chi connectivity index (χ4n) is 0.280. The van der Waals surface area contributed by atoms with Gasteiger partial charge in [-0.05, 0) is 6.42 Å². The molecule has 0 aromatic rings. The van der Waals surface area contributed by atoms with Gasteiger partial charge in [-0.3, -0.25) is 8.32 Å². The average Bonchev–Trinajstić information content (AvgIpc) is 1.83. The average molecular weight is 225 g/mol. The minimum Gasteiger partial charge on any atom is -0.299 e. The standard InChI is InChI=1S/C5H8INO/c1-2-3-4-5(8)7-6/h2H,1,3-4H2,(H,7,8). The summed E-state index contributed by atoms with van der Waals surface area (Å²) < 4.78 is 2.48. The predicted molar refractivity (Wildman–Crippen MR) is 41.6 cm³/mol. The number of amides is 1. The Hall–Kier alpha value is -0.0600. The maximum absolute atomic E-state index is 10.4. The molecule has 0 heterocycles. The zero-order chi connectivity index (χ0) is 6.41. The molecule has 0 radical (unpaired) electrons. The quantitative estimate of drug-likeness (QED) is 0.439. The van der Waals surface area contributed by atoms with Gasteiger partial charge in [0, 0.05) is 6.42 Å². The third-order valence-electron chi connectivity index (χ3n) is 0.681. The predicted octanol–water partition coefficient (Wildman–Crippen LogP) is 1.42. The molecule has 0 aliphatic carbocycles. The molecule has 0 rings (SSSR count). The molecule has 0 aromatic carbocycles. The van der Waals surface area contributed by atoms with Crippen molar-refractivity contribution in [2.24, 2.45) is 0 Å². The third-order valence-corrected chi connectivity index (χ3v) is 1.28. The van der Waals surface area contributed by atoms with E-state index in [2.05, 4.69) is 10.1 Å². The monoisotopic (exact) mass is 225 g/mol. The summed E-state index contributed by atoms with van der Waals surface area (Å²) in [6, 6.07) is 0. The van der Waals surface area contributed by atoms with Gasteiger partial charge in [0.05, 0.1) is 22.9 Å². The van der Waals surface area contributed by atoms with Crippen LogP contribution < -0.4 is 3.53 Å². The first kappa shape index (κ1) is 7.94. The summed E-state index contributed by atoms with van der Waals surface area (Å²) in [5.74, 6) is 0.0606. The third kappa shape index (κ3) is 4.11. The summed E-state index contributed by atoms with van der Waals surface area (Å²) in [6.07, 6.45) is 3.03. The number of carbonyl (C=O) groups excluding carboxylic acids is 1. The van der Waals surface area contributed by atoms with Gasteiger partial charge in [0.2, 0.25) is 5.91 Å². The maximum Gasteiger partial charge on any atom is 0.228 e. The molecule has 0 unspecified atom stereocenters. The Bertz CT molecular complexity index is 92.4. The minimum atomic E-state index is 0.0606. The number of nitrogens with one attached hydrogen (secondary N) is 1. The molecule has 0 atom stereocenters. The van der Waals surface area contributed by atoms with Gasteiger partial charge in [-0.15, -0.1) is 6.58 Å². The lowest BCUT2D eigenvalue weighted by Gasteiger charge is -1.90. The normalized spacial score (nSPS) is 8.12. The summed E-state index contributed by atoms with van der Waals surface area (Å²) in [4.78, 5) is 10.4. The molecule has 46 valence electrons. The zero-order valence-corrected chi connectivity index (χ0v) is 6.64. The van der Waals surface area contributed by atoms with E-state index in [-0.39, 0.29) is 5.91 Å². The van der Waals surface area contributed by atoms with Crippen LogP contribution in [0.3, 0.4) is 0 Å². The first-order valence-corrected chi connectivity index (χ1v) is 3.39. The largest absolute Gasteiger partial charge is 0.299 e. The van der Waals surface area contributed by atoms with Crippen molar-refractivity contribution in [2.75, 3.05) is 0 Å². The lowest BCUT2D eigenvalue weighted by atomic mass is 10.3. The fourth-order valence-corrected chi connectivity index (χ4v) is 0.550. The van der Waals surface area contributed by atoms with Gasteiger partial charge in [0.15, 0.2) is 0 Å². The number of rotatable bonds is 3. The molecule has 1 N–H and O–H groups in total. The van der Waals surface area contributed by atoms with E-state index >= 15 is 0 Å².